The zero-order chi connectivity index (χ0) is 14.8. The Hall–Kier alpha value is -2.95. The molecule has 5 nitrogen and oxygen atoms in total. The fourth-order valence-corrected chi connectivity index (χ4v) is 2.11. The number of nitrogens with zero attached hydrogens (tertiary/aromatic N) is 2. The van der Waals surface area contributed by atoms with Gasteiger partial charge in [0.15, 0.2) is 5.69 Å². The maximum atomic E-state index is 11.4. The van der Waals surface area contributed by atoms with E-state index in [1.807, 2.05) is 49.4 Å². The van der Waals surface area contributed by atoms with Crippen molar-refractivity contribution >= 4 is 28.2 Å². The van der Waals surface area contributed by atoms with Crippen LogP contribution >= 0.6 is 0 Å². The molecule has 0 unspecified atom stereocenters. The minimum atomic E-state index is -1.11. The highest BCUT2D eigenvalue weighted by atomic mass is 16.4. The molecule has 3 aromatic rings. The minimum absolute atomic E-state index is 0.0886. The number of aromatic nitrogens is 2. The molecule has 2 N–H and O–H groups in total. The Morgan fingerprint density at radius 3 is 2.48 bits per heavy atom. The number of hydrogen-bond donors (Lipinski definition) is 2. The lowest BCUT2D eigenvalue weighted by Gasteiger charge is -2.11. The van der Waals surface area contributed by atoms with Crippen molar-refractivity contribution in [2.45, 2.75) is 6.92 Å². The quantitative estimate of drug-likeness (QED) is 0.768. The molecule has 0 aliphatic heterocycles. The molecule has 0 spiro atoms. The van der Waals surface area contributed by atoms with Gasteiger partial charge in [0.05, 0.1) is 11.2 Å². The van der Waals surface area contributed by atoms with Gasteiger partial charge in [0, 0.05) is 11.1 Å². The van der Waals surface area contributed by atoms with E-state index in [1.54, 1.807) is 6.07 Å². The molecule has 5 heteroatoms. The number of carbonyl (C=O) groups is 1. The van der Waals surface area contributed by atoms with Crippen LogP contribution in [0.2, 0.25) is 0 Å². The van der Waals surface area contributed by atoms with Crippen LogP contribution in [0.1, 0.15) is 16.1 Å². The standard InChI is InChI=1S/C16H13N3O2/c1-10-6-8-11(9-7-10)17-14-12-4-2-3-5-13(12)18-19-15(14)16(20)21/h2-9H,1H3,(H,17,18)(H,20,21). The molecule has 0 aliphatic carbocycles. The largest absolute Gasteiger partial charge is 0.476 e. The van der Waals surface area contributed by atoms with Crippen LogP contribution in [0.5, 0.6) is 0 Å². The third-order valence-corrected chi connectivity index (χ3v) is 3.19. The number of aryl methyl sites for hydroxylation is 1. The van der Waals surface area contributed by atoms with Crippen LogP contribution in [-0.2, 0) is 0 Å². The van der Waals surface area contributed by atoms with Gasteiger partial charge in [-0.2, -0.15) is 0 Å². The van der Waals surface area contributed by atoms with Crippen molar-refractivity contribution in [3.63, 3.8) is 0 Å². The first-order chi connectivity index (χ1) is 10.1. The molecule has 0 atom stereocenters. The van der Waals surface area contributed by atoms with Crippen molar-refractivity contribution in [2.75, 3.05) is 5.32 Å². The summed E-state index contributed by atoms with van der Waals surface area (Å²) < 4.78 is 0. The van der Waals surface area contributed by atoms with Crippen LogP contribution in [0.25, 0.3) is 10.9 Å². The summed E-state index contributed by atoms with van der Waals surface area (Å²) in [6.07, 6.45) is 0. The van der Waals surface area contributed by atoms with Crippen molar-refractivity contribution in [2.24, 2.45) is 0 Å². The summed E-state index contributed by atoms with van der Waals surface area (Å²) in [5.41, 5.74) is 2.96. The van der Waals surface area contributed by atoms with Gasteiger partial charge in [-0.05, 0) is 25.1 Å². The number of fused-ring (bicyclic) bond motifs is 1. The number of aromatic carboxylic acids is 1. The topological polar surface area (TPSA) is 75.1 Å². The lowest BCUT2D eigenvalue weighted by atomic mass is 10.1. The molecule has 0 amide bonds. The minimum Gasteiger partial charge on any atom is -0.476 e. The normalized spacial score (nSPS) is 10.5. The van der Waals surface area contributed by atoms with E-state index in [4.69, 9.17) is 0 Å². The molecule has 21 heavy (non-hydrogen) atoms. The van der Waals surface area contributed by atoms with Crippen LogP contribution in [0.3, 0.4) is 0 Å². The summed E-state index contributed by atoms with van der Waals surface area (Å²) in [5.74, 6) is -1.11. The zero-order valence-corrected chi connectivity index (χ0v) is 11.4. The molecular weight excluding hydrogens is 266 g/mol. The van der Waals surface area contributed by atoms with Crippen molar-refractivity contribution in [1.29, 1.82) is 0 Å². The summed E-state index contributed by atoms with van der Waals surface area (Å²) in [5, 5.41) is 20.9. The van der Waals surface area contributed by atoms with E-state index in [0.717, 1.165) is 16.6 Å². The summed E-state index contributed by atoms with van der Waals surface area (Å²) in [4.78, 5) is 11.4. The van der Waals surface area contributed by atoms with Crippen LogP contribution in [0.15, 0.2) is 48.5 Å². The molecule has 0 aliphatic rings. The molecule has 0 fully saturated rings. The van der Waals surface area contributed by atoms with Gasteiger partial charge < -0.3 is 10.4 Å². The van der Waals surface area contributed by atoms with Gasteiger partial charge in [-0.1, -0.05) is 35.9 Å². The van der Waals surface area contributed by atoms with E-state index < -0.39 is 5.97 Å². The number of carboxylic acid groups (broad SMARTS) is 1. The number of nitrogens with one attached hydrogen (secondary N) is 1. The predicted octanol–water partition coefficient (Wildman–Crippen LogP) is 3.38. The second-order valence-corrected chi connectivity index (χ2v) is 4.74. The number of benzene rings is 2. The Kier molecular flexibility index (Phi) is 3.23. The van der Waals surface area contributed by atoms with E-state index in [-0.39, 0.29) is 5.69 Å². The van der Waals surface area contributed by atoms with E-state index in [1.165, 1.54) is 0 Å². The van der Waals surface area contributed by atoms with Crippen molar-refractivity contribution < 1.29 is 9.90 Å². The van der Waals surface area contributed by atoms with Gasteiger partial charge in [0.1, 0.15) is 0 Å². The maximum Gasteiger partial charge on any atom is 0.358 e. The second-order valence-electron chi connectivity index (χ2n) is 4.74. The highest BCUT2D eigenvalue weighted by molar-refractivity contribution is 6.03. The Morgan fingerprint density at radius 1 is 1.05 bits per heavy atom. The molecule has 0 saturated heterocycles. The monoisotopic (exact) mass is 279 g/mol. The average Bonchev–Trinajstić information content (AvgIpc) is 2.49. The smallest absolute Gasteiger partial charge is 0.358 e. The fourth-order valence-electron chi connectivity index (χ4n) is 2.11. The molecular formula is C16H13N3O2. The third-order valence-electron chi connectivity index (χ3n) is 3.19. The van der Waals surface area contributed by atoms with Crippen molar-refractivity contribution in [3.8, 4) is 0 Å². The molecule has 2 aromatic carbocycles. The predicted molar refractivity (Wildman–Crippen MR) is 81.0 cm³/mol. The van der Waals surface area contributed by atoms with Crippen LogP contribution in [0, 0.1) is 6.92 Å². The molecule has 1 heterocycles. The van der Waals surface area contributed by atoms with Gasteiger partial charge >= 0.3 is 5.97 Å². The van der Waals surface area contributed by atoms with Gasteiger partial charge in [-0.25, -0.2) is 4.79 Å². The summed E-state index contributed by atoms with van der Waals surface area (Å²) in [7, 11) is 0. The molecule has 104 valence electrons. The summed E-state index contributed by atoms with van der Waals surface area (Å²) >= 11 is 0. The van der Waals surface area contributed by atoms with Crippen LogP contribution in [0.4, 0.5) is 11.4 Å². The molecule has 3 rings (SSSR count). The SMILES string of the molecule is Cc1ccc(Nc2c(C(=O)O)nnc3ccccc23)cc1. The number of hydrogen-bond acceptors (Lipinski definition) is 4. The number of rotatable bonds is 3. The first-order valence-electron chi connectivity index (χ1n) is 6.47. The Bertz CT molecular complexity index is 813. The zero-order valence-electron chi connectivity index (χ0n) is 11.4. The first kappa shape index (κ1) is 13.1. The van der Waals surface area contributed by atoms with Crippen molar-refractivity contribution in [3.05, 3.63) is 59.8 Å². The molecule has 0 radical (unpaired) electrons. The van der Waals surface area contributed by atoms with E-state index in [2.05, 4.69) is 15.5 Å². The van der Waals surface area contributed by atoms with Gasteiger partial charge in [-0.15, -0.1) is 10.2 Å². The Labute approximate surface area is 121 Å². The van der Waals surface area contributed by atoms with Crippen LogP contribution < -0.4 is 5.32 Å². The van der Waals surface area contributed by atoms with E-state index in [9.17, 15) is 9.90 Å². The van der Waals surface area contributed by atoms with E-state index in [0.29, 0.717) is 11.2 Å². The summed E-state index contributed by atoms with van der Waals surface area (Å²) in [6.45, 7) is 2.00. The van der Waals surface area contributed by atoms with Gasteiger partial charge in [0.2, 0.25) is 0 Å². The Morgan fingerprint density at radius 2 is 1.76 bits per heavy atom. The molecule has 0 saturated carbocycles. The first-order valence-corrected chi connectivity index (χ1v) is 6.47. The highest BCUT2D eigenvalue weighted by Gasteiger charge is 2.16. The third kappa shape index (κ3) is 2.53. The average molecular weight is 279 g/mol. The Balaban J connectivity index is 2.16. The molecule has 0 bridgehead atoms. The van der Waals surface area contributed by atoms with Crippen LogP contribution in [-0.4, -0.2) is 21.3 Å². The lowest BCUT2D eigenvalue weighted by molar-refractivity contribution is 0.0690. The fraction of sp³-hybridized carbons (Fsp3) is 0.0625. The summed E-state index contributed by atoms with van der Waals surface area (Å²) in [6, 6.07) is 15.0. The number of carboxylic acids is 1. The lowest BCUT2D eigenvalue weighted by Crippen LogP contribution is -2.08. The highest BCUT2D eigenvalue weighted by Crippen LogP contribution is 2.27. The molecule has 1 aromatic heterocycles. The maximum absolute atomic E-state index is 11.4. The van der Waals surface area contributed by atoms with Gasteiger partial charge in [-0.3, -0.25) is 0 Å². The van der Waals surface area contributed by atoms with E-state index >= 15 is 0 Å². The van der Waals surface area contributed by atoms with Crippen molar-refractivity contribution in [1.82, 2.24) is 10.2 Å². The number of anilines is 2. The second kappa shape index (κ2) is 5.20. The van der Waals surface area contributed by atoms with Gasteiger partial charge in [0.25, 0.3) is 0 Å².